The van der Waals surface area contributed by atoms with Crippen molar-refractivity contribution in [1.29, 1.82) is 0 Å². The first-order chi connectivity index (χ1) is 11.1. The molecule has 7 heteroatoms. The molecule has 7 nitrogen and oxygen atoms in total. The van der Waals surface area contributed by atoms with Gasteiger partial charge in [0.05, 0.1) is 13.0 Å². The molecule has 0 aromatic carbocycles. The Kier molecular flexibility index (Phi) is 5.56. The van der Waals surface area contributed by atoms with E-state index in [4.69, 9.17) is 4.74 Å². The van der Waals surface area contributed by atoms with Crippen LogP contribution in [0.1, 0.15) is 37.2 Å². The topological polar surface area (TPSA) is 84.1 Å². The molecular formula is C16H21N3O4. The van der Waals surface area contributed by atoms with E-state index >= 15 is 0 Å². The predicted octanol–water partition coefficient (Wildman–Crippen LogP) is 1.85. The van der Waals surface area contributed by atoms with Gasteiger partial charge in [-0.25, -0.2) is 4.98 Å². The van der Waals surface area contributed by atoms with E-state index in [0.717, 1.165) is 6.42 Å². The zero-order valence-corrected chi connectivity index (χ0v) is 13.4. The number of hydrogen-bond acceptors (Lipinski definition) is 5. The highest BCUT2D eigenvalue weighted by atomic mass is 16.5. The van der Waals surface area contributed by atoms with Crippen LogP contribution >= 0.6 is 0 Å². The zero-order valence-electron chi connectivity index (χ0n) is 13.4. The van der Waals surface area contributed by atoms with Crippen molar-refractivity contribution >= 4 is 17.5 Å². The molecule has 1 N–H and O–H groups in total. The highest BCUT2D eigenvalue weighted by Gasteiger charge is 2.20. The maximum atomic E-state index is 12.6. The van der Waals surface area contributed by atoms with Crippen LogP contribution in [-0.2, 0) is 9.53 Å². The molecule has 124 valence electrons. The number of aromatic hydroxyl groups is 1. The molecule has 0 atom stereocenters. The number of imidazole rings is 1. The van der Waals surface area contributed by atoms with Gasteiger partial charge in [-0.2, -0.15) is 0 Å². The lowest BCUT2D eigenvalue weighted by molar-refractivity contribution is -0.143. The molecule has 23 heavy (non-hydrogen) atoms. The lowest BCUT2D eigenvalue weighted by Gasteiger charge is -2.20. The molecule has 0 saturated heterocycles. The van der Waals surface area contributed by atoms with Crippen molar-refractivity contribution in [3.8, 4) is 5.75 Å². The monoisotopic (exact) mass is 319 g/mol. The fourth-order valence-corrected chi connectivity index (χ4v) is 2.31. The van der Waals surface area contributed by atoms with Crippen molar-refractivity contribution in [2.24, 2.45) is 0 Å². The minimum absolute atomic E-state index is 0.0140. The lowest BCUT2D eigenvalue weighted by Crippen LogP contribution is -2.34. The van der Waals surface area contributed by atoms with E-state index in [9.17, 15) is 14.7 Å². The Hall–Kier alpha value is -2.57. The first-order valence-electron chi connectivity index (χ1n) is 7.68. The zero-order chi connectivity index (χ0) is 16.8. The van der Waals surface area contributed by atoms with E-state index in [1.165, 1.54) is 6.07 Å². The average molecular weight is 319 g/mol. The van der Waals surface area contributed by atoms with Crippen molar-refractivity contribution in [2.45, 2.75) is 26.7 Å². The highest BCUT2D eigenvalue weighted by Crippen LogP contribution is 2.17. The van der Waals surface area contributed by atoms with Gasteiger partial charge in [-0.3, -0.25) is 9.59 Å². The molecule has 0 saturated carbocycles. The van der Waals surface area contributed by atoms with Gasteiger partial charge in [0.1, 0.15) is 5.69 Å². The third-order valence-electron chi connectivity index (χ3n) is 3.35. The summed E-state index contributed by atoms with van der Waals surface area (Å²) >= 11 is 0. The molecule has 2 heterocycles. The maximum absolute atomic E-state index is 12.6. The number of hydrogen-bond donors (Lipinski definition) is 1. The van der Waals surface area contributed by atoms with Crippen LogP contribution in [0.25, 0.3) is 5.65 Å². The van der Waals surface area contributed by atoms with Crippen LogP contribution in [0.5, 0.6) is 5.75 Å². The molecule has 0 spiro atoms. The number of nitrogens with zero attached hydrogens (tertiary/aromatic N) is 3. The molecule has 2 rings (SSSR count). The van der Waals surface area contributed by atoms with Crippen LogP contribution < -0.4 is 0 Å². The molecule has 2 aromatic rings. The number of carbonyl (C=O) groups is 2. The van der Waals surface area contributed by atoms with Crippen molar-refractivity contribution in [3.63, 3.8) is 0 Å². The molecule has 1 amide bonds. The Morgan fingerprint density at radius 3 is 2.78 bits per heavy atom. The minimum atomic E-state index is -0.325. The summed E-state index contributed by atoms with van der Waals surface area (Å²) in [6, 6.07) is 3.18. The first-order valence-corrected chi connectivity index (χ1v) is 7.68. The van der Waals surface area contributed by atoms with E-state index in [2.05, 4.69) is 4.98 Å². The van der Waals surface area contributed by atoms with Gasteiger partial charge in [-0.1, -0.05) is 6.92 Å². The summed E-state index contributed by atoms with van der Waals surface area (Å²) in [6.07, 6.45) is 4.21. The second kappa shape index (κ2) is 7.62. The van der Waals surface area contributed by atoms with Gasteiger partial charge in [0.25, 0.3) is 5.91 Å². The molecule has 0 aliphatic carbocycles. The van der Waals surface area contributed by atoms with E-state index in [1.54, 1.807) is 34.7 Å². The minimum Gasteiger partial charge on any atom is -0.504 e. The van der Waals surface area contributed by atoms with Gasteiger partial charge in [-0.15, -0.1) is 0 Å². The molecule has 0 fully saturated rings. The molecule has 0 radical (unpaired) electrons. The maximum Gasteiger partial charge on any atom is 0.307 e. The normalized spacial score (nSPS) is 10.7. The molecule has 2 aromatic heterocycles. The second-order valence-electron chi connectivity index (χ2n) is 5.10. The van der Waals surface area contributed by atoms with Crippen molar-refractivity contribution in [2.75, 3.05) is 19.7 Å². The van der Waals surface area contributed by atoms with Gasteiger partial charge >= 0.3 is 5.97 Å². The number of rotatable bonds is 7. The Morgan fingerprint density at radius 2 is 2.13 bits per heavy atom. The Morgan fingerprint density at radius 1 is 1.35 bits per heavy atom. The quantitative estimate of drug-likeness (QED) is 0.787. The van der Waals surface area contributed by atoms with Crippen LogP contribution in [0.3, 0.4) is 0 Å². The number of carbonyl (C=O) groups excluding carboxylic acids is 2. The van der Waals surface area contributed by atoms with Crippen molar-refractivity contribution in [3.05, 3.63) is 30.2 Å². The Labute approximate surface area is 134 Å². The summed E-state index contributed by atoms with van der Waals surface area (Å²) < 4.78 is 6.49. The largest absolute Gasteiger partial charge is 0.504 e. The first kappa shape index (κ1) is 16.8. The summed E-state index contributed by atoms with van der Waals surface area (Å²) in [7, 11) is 0. The lowest BCUT2D eigenvalue weighted by atomic mass is 10.3. The van der Waals surface area contributed by atoms with E-state index < -0.39 is 0 Å². The van der Waals surface area contributed by atoms with Gasteiger partial charge in [0.2, 0.25) is 0 Å². The number of fused-ring (bicyclic) bond motifs is 1. The summed E-state index contributed by atoms with van der Waals surface area (Å²) in [4.78, 5) is 29.8. The predicted molar refractivity (Wildman–Crippen MR) is 84.3 cm³/mol. The Balaban J connectivity index is 2.15. The second-order valence-corrected chi connectivity index (χ2v) is 5.10. The molecule has 0 aliphatic heterocycles. The summed E-state index contributed by atoms with van der Waals surface area (Å²) in [5.41, 5.74) is 0.571. The van der Waals surface area contributed by atoms with Crippen LogP contribution in [0, 0.1) is 0 Å². The van der Waals surface area contributed by atoms with E-state index in [-0.39, 0.29) is 36.3 Å². The molecule has 0 bridgehead atoms. The van der Waals surface area contributed by atoms with Gasteiger partial charge in [0.15, 0.2) is 11.4 Å². The van der Waals surface area contributed by atoms with Gasteiger partial charge in [-0.05, 0) is 25.5 Å². The number of ether oxygens (including phenoxy) is 1. The standard InChI is InChI=1S/C16H21N3O4/c1-3-8-18(10-7-14(21)23-4-2)16(22)12-11-19-9-5-6-13(20)15(19)17-12/h5-6,9,11,20H,3-4,7-8,10H2,1-2H3. The van der Waals surface area contributed by atoms with Crippen LogP contribution in [-0.4, -0.2) is 51.0 Å². The summed E-state index contributed by atoms with van der Waals surface area (Å²) in [5.74, 6) is -0.576. The van der Waals surface area contributed by atoms with Gasteiger partial charge < -0.3 is 19.1 Å². The van der Waals surface area contributed by atoms with Crippen molar-refractivity contribution in [1.82, 2.24) is 14.3 Å². The van der Waals surface area contributed by atoms with Crippen molar-refractivity contribution < 1.29 is 19.4 Å². The highest BCUT2D eigenvalue weighted by molar-refractivity contribution is 5.93. The summed E-state index contributed by atoms with van der Waals surface area (Å²) in [6.45, 7) is 4.84. The average Bonchev–Trinajstić information content (AvgIpc) is 2.96. The van der Waals surface area contributed by atoms with E-state index in [1.807, 2.05) is 6.92 Å². The Bertz CT molecular complexity index is 696. The SMILES string of the molecule is CCCN(CCC(=O)OCC)C(=O)c1cn2cccc(O)c2n1. The summed E-state index contributed by atoms with van der Waals surface area (Å²) in [5, 5.41) is 9.77. The molecule has 0 aliphatic rings. The van der Waals surface area contributed by atoms with Crippen LogP contribution in [0.4, 0.5) is 0 Å². The number of esters is 1. The fraction of sp³-hybridized carbons (Fsp3) is 0.438. The van der Waals surface area contributed by atoms with E-state index in [0.29, 0.717) is 18.8 Å². The molecule has 0 unspecified atom stereocenters. The third-order valence-corrected chi connectivity index (χ3v) is 3.35. The number of amides is 1. The smallest absolute Gasteiger partial charge is 0.307 e. The van der Waals surface area contributed by atoms with Crippen LogP contribution in [0.2, 0.25) is 0 Å². The van der Waals surface area contributed by atoms with Gasteiger partial charge in [0, 0.05) is 25.5 Å². The third kappa shape index (κ3) is 4.00. The molecular weight excluding hydrogens is 298 g/mol. The number of aromatic nitrogens is 2. The fourth-order valence-electron chi connectivity index (χ4n) is 2.31. The number of pyridine rings is 1. The van der Waals surface area contributed by atoms with Crippen LogP contribution in [0.15, 0.2) is 24.5 Å².